The highest BCUT2D eigenvalue weighted by atomic mass is 35.5. The first kappa shape index (κ1) is 21.4. The summed E-state index contributed by atoms with van der Waals surface area (Å²) >= 11 is 14.7. The predicted octanol–water partition coefficient (Wildman–Crippen LogP) is 6.58. The zero-order valence-electron chi connectivity index (χ0n) is 18.0. The summed E-state index contributed by atoms with van der Waals surface area (Å²) in [5, 5.41) is 6.99. The number of halogens is 2. The van der Waals surface area contributed by atoms with Crippen LogP contribution in [-0.4, -0.2) is 27.6 Å². The fraction of sp³-hybridized carbons (Fsp3) is 0.115. The second-order valence-corrected chi connectivity index (χ2v) is 10.1. The van der Waals surface area contributed by atoms with Crippen LogP contribution in [0.5, 0.6) is 0 Å². The Bertz CT molecular complexity index is 1470. The van der Waals surface area contributed by atoms with Crippen LogP contribution >= 0.6 is 34.5 Å². The minimum atomic E-state index is -1.07. The molecule has 0 radical (unpaired) electrons. The number of aromatic nitrogens is 1. The van der Waals surface area contributed by atoms with Crippen LogP contribution in [0.4, 0.5) is 10.8 Å². The van der Waals surface area contributed by atoms with E-state index in [9.17, 15) is 4.79 Å². The molecule has 168 valence electrons. The van der Waals surface area contributed by atoms with E-state index >= 15 is 0 Å². The Balaban J connectivity index is 1.59. The van der Waals surface area contributed by atoms with E-state index in [1.54, 1.807) is 11.0 Å². The first-order valence-corrected chi connectivity index (χ1v) is 12.4. The number of alkyl halides is 1. The van der Waals surface area contributed by atoms with Crippen molar-refractivity contribution >= 4 is 73.3 Å². The van der Waals surface area contributed by atoms with E-state index in [2.05, 4.69) is 0 Å². The summed E-state index contributed by atoms with van der Waals surface area (Å²) in [4.78, 5) is 19.8. The highest BCUT2D eigenvalue weighted by molar-refractivity contribution is 7.22. The predicted molar refractivity (Wildman–Crippen MR) is 141 cm³/mol. The molecule has 2 aliphatic rings. The van der Waals surface area contributed by atoms with Gasteiger partial charge in [0.2, 0.25) is 0 Å². The zero-order chi connectivity index (χ0) is 23.4. The molecule has 0 aliphatic carbocycles. The van der Waals surface area contributed by atoms with Crippen molar-refractivity contribution in [3.63, 3.8) is 0 Å². The fourth-order valence-electron chi connectivity index (χ4n) is 4.61. The van der Waals surface area contributed by atoms with E-state index in [0.717, 1.165) is 32.8 Å². The molecule has 1 saturated heterocycles. The number of hydrazone groups is 1. The number of fused-ring (bicyclic) bond motifs is 1. The molecule has 0 N–H and O–H groups in total. The van der Waals surface area contributed by atoms with Gasteiger partial charge in [-0.1, -0.05) is 71.5 Å². The van der Waals surface area contributed by atoms with Gasteiger partial charge in [0.1, 0.15) is 0 Å². The van der Waals surface area contributed by atoms with Gasteiger partial charge in [0.05, 0.1) is 21.6 Å². The van der Waals surface area contributed by atoms with Crippen molar-refractivity contribution in [1.29, 1.82) is 0 Å². The number of anilines is 2. The molecule has 8 heteroatoms. The molecule has 6 rings (SSSR count). The normalized spacial score (nSPS) is 23.1. The molecule has 1 spiro atoms. The van der Waals surface area contributed by atoms with Crippen LogP contribution in [0.3, 0.4) is 0 Å². The van der Waals surface area contributed by atoms with Gasteiger partial charge in [0, 0.05) is 10.6 Å². The van der Waals surface area contributed by atoms with E-state index in [1.807, 2.05) is 90.8 Å². The fourth-order valence-corrected chi connectivity index (χ4v) is 6.22. The van der Waals surface area contributed by atoms with Crippen molar-refractivity contribution in [1.82, 2.24) is 4.98 Å². The summed E-state index contributed by atoms with van der Waals surface area (Å²) in [6.07, 6.45) is 2.05. The number of para-hydroxylation sites is 1. The molecule has 2 unspecified atom stereocenters. The van der Waals surface area contributed by atoms with Crippen molar-refractivity contribution in [2.45, 2.75) is 18.0 Å². The molecule has 2 atom stereocenters. The largest absolute Gasteiger partial charge is 0.272 e. The maximum absolute atomic E-state index is 13.4. The van der Waals surface area contributed by atoms with Gasteiger partial charge in [-0.25, -0.2) is 9.99 Å². The van der Waals surface area contributed by atoms with Gasteiger partial charge < -0.3 is 0 Å². The third-order valence-electron chi connectivity index (χ3n) is 6.13. The van der Waals surface area contributed by atoms with E-state index in [-0.39, 0.29) is 5.91 Å². The van der Waals surface area contributed by atoms with Crippen LogP contribution in [0.2, 0.25) is 5.02 Å². The number of carbonyl (C=O) groups excluding carboxylic acids is 1. The molecule has 1 aromatic heterocycles. The topological polar surface area (TPSA) is 48.8 Å². The van der Waals surface area contributed by atoms with Gasteiger partial charge in [0.15, 0.2) is 16.2 Å². The molecular weight excluding hydrogens is 487 g/mol. The van der Waals surface area contributed by atoms with Crippen LogP contribution < -0.4 is 9.91 Å². The minimum Gasteiger partial charge on any atom is -0.272 e. The summed E-state index contributed by atoms with van der Waals surface area (Å²) in [6.45, 7) is 1.93. The molecule has 1 fully saturated rings. The molecule has 34 heavy (non-hydrogen) atoms. The molecule has 3 aromatic carbocycles. The molecule has 0 saturated carbocycles. The molecule has 2 aliphatic heterocycles. The average Bonchev–Trinajstić information content (AvgIpc) is 3.40. The Labute approximate surface area is 210 Å². The molecular formula is C26H18Cl2N4OS. The van der Waals surface area contributed by atoms with Gasteiger partial charge in [-0.2, -0.15) is 5.10 Å². The Hall–Kier alpha value is -3.19. The second kappa shape index (κ2) is 7.94. The number of benzene rings is 3. The Morgan fingerprint density at radius 2 is 1.79 bits per heavy atom. The van der Waals surface area contributed by atoms with E-state index in [1.165, 1.54) is 11.3 Å². The lowest BCUT2D eigenvalue weighted by molar-refractivity contribution is -0.125. The van der Waals surface area contributed by atoms with Gasteiger partial charge in [0.25, 0.3) is 5.91 Å². The SMILES string of the molecule is CC1=NN(c2cccc(Cl)c2)C2(/C1=C\c1ccccc1)C(Cl)C(=O)N2c1nc2ccccc2s1. The van der Waals surface area contributed by atoms with Crippen molar-refractivity contribution in [3.8, 4) is 0 Å². The summed E-state index contributed by atoms with van der Waals surface area (Å²) in [5.74, 6) is -0.211. The van der Waals surface area contributed by atoms with Crippen molar-refractivity contribution < 1.29 is 4.79 Å². The number of hydrogen-bond donors (Lipinski definition) is 0. The van der Waals surface area contributed by atoms with Gasteiger partial charge in [-0.15, -0.1) is 11.6 Å². The average molecular weight is 505 g/mol. The van der Waals surface area contributed by atoms with Crippen LogP contribution in [0.1, 0.15) is 12.5 Å². The van der Waals surface area contributed by atoms with Crippen molar-refractivity contribution in [2.24, 2.45) is 5.10 Å². The lowest BCUT2D eigenvalue weighted by Gasteiger charge is -2.55. The van der Waals surface area contributed by atoms with Gasteiger partial charge in [-0.05, 0) is 48.9 Å². The van der Waals surface area contributed by atoms with Gasteiger partial charge >= 0.3 is 0 Å². The summed E-state index contributed by atoms with van der Waals surface area (Å²) in [6, 6.07) is 25.2. The maximum Gasteiger partial charge on any atom is 0.254 e. The first-order valence-electron chi connectivity index (χ1n) is 10.7. The van der Waals surface area contributed by atoms with Gasteiger partial charge in [-0.3, -0.25) is 9.69 Å². The Morgan fingerprint density at radius 1 is 1.03 bits per heavy atom. The first-order chi connectivity index (χ1) is 16.5. The number of rotatable bonds is 3. The van der Waals surface area contributed by atoms with E-state index in [4.69, 9.17) is 33.3 Å². The standard InChI is InChI=1S/C26H18Cl2N4OS/c1-16-20(14-17-8-3-2-4-9-17)26(32(30-16)19-11-7-10-18(27)15-19)23(28)24(33)31(26)25-29-21-12-5-6-13-22(21)34-25/h2-15,23H,1H3/b20-14-. The Kier molecular flexibility index (Phi) is 4.99. The summed E-state index contributed by atoms with van der Waals surface area (Å²) in [5.41, 5.74) is 3.11. The third-order valence-corrected chi connectivity index (χ3v) is 7.88. The molecule has 5 nitrogen and oxygen atoms in total. The number of carbonyl (C=O) groups is 1. The molecule has 3 heterocycles. The Morgan fingerprint density at radius 3 is 2.56 bits per heavy atom. The number of thiazole rings is 1. The molecule has 0 bridgehead atoms. The van der Waals surface area contributed by atoms with E-state index < -0.39 is 11.0 Å². The lowest BCUT2D eigenvalue weighted by atomic mass is 9.82. The number of hydrogen-bond acceptors (Lipinski definition) is 5. The smallest absolute Gasteiger partial charge is 0.254 e. The summed E-state index contributed by atoms with van der Waals surface area (Å²) in [7, 11) is 0. The summed E-state index contributed by atoms with van der Waals surface area (Å²) < 4.78 is 0.997. The zero-order valence-corrected chi connectivity index (χ0v) is 20.3. The molecule has 4 aromatic rings. The quantitative estimate of drug-likeness (QED) is 0.234. The van der Waals surface area contributed by atoms with Crippen LogP contribution in [-0.2, 0) is 4.79 Å². The number of nitrogens with zero attached hydrogens (tertiary/aromatic N) is 4. The van der Waals surface area contributed by atoms with Crippen LogP contribution in [0.25, 0.3) is 16.3 Å². The number of β-lactam (4-membered cyclic amide) rings is 1. The highest BCUT2D eigenvalue weighted by Crippen LogP contribution is 2.54. The van der Waals surface area contributed by atoms with Crippen molar-refractivity contribution in [2.75, 3.05) is 9.91 Å². The van der Waals surface area contributed by atoms with Crippen LogP contribution in [0, 0.1) is 0 Å². The minimum absolute atomic E-state index is 0.211. The third kappa shape index (κ3) is 3.03. The second-order valence-electron chi connectivity index (χ2n) is 8.17. The number of amides is 1. The lowest BCUT2D eigenvalue weighted by Crippen LogP contribution is -2.79. The van der Waals surface area contributed by atoms with E-state index in [0.29, 0.717) is 10.2 Å². The maximum atomic E-state index is 13.4. The molecule has 1 amide bonds. The highest BCUT2D eigenvalue weighted by Gasteiger charge is 2.69. The van der Waals surface area contributed by atoms with Crippen LogP contribution in [0.15, 0.2) is 89.5 Å². The van der Waals surface area contributed by atoms with Crippen molar-refractivity contribution in [3.05, 3.63) is 95.0 Å². The monoisotopic (exact) mass is 504 g/mol.